The van der Waals surface area contributed by atoms with Crippen LogP contribution in [0.5, 0.6) is 0 Å². The minimum absolute atomic E-state index is 0.00715. The highest BCUT2D eigenvalue weighted by atomic mass is 14.8. The molecule has 54 valence electrons. The molecule has 2 nitrogen and oxygen atoms in total. The highest BCUT2D eigenvalue weighted by molar-refractivity contribution is 5.31. The van der Waals surface area contributed by atoms with Gasteiger partial charge in [-0.15, -0.1) is 0 Å². The molecule has 0 saturated heterocycles. The van der Waals surface area contributed by atoms with Crippen LogP contribution in [0.2, 0.25) is 0 Å². The van der Waals surface area contributed by atoms with Crippen LogP contribution in [0.1, 0.15) is 28.4 Å². The zero-order valence-corrected chi connectivity index (χ0v) is 5.26. The molecule has 0 amide bonds. The molecule has 0 spiro atoms. The average molecular weight is 143 g/mol. The minimum atomic E-state index is -3.07. The van der Waals surface area contributed by atoms with Gasteiger partial charge < -0.3 is 5.73 Å². The summed E-state index contributed by atoms with van der Waals surface area (Å²) in [7, 11) is 0. The van der Waals surface area contributed by atoms with Gasteiger partial charge in [0.15, 0.2) is 0 Å². The number of nitrogens with two attached hydrogens (primary N) is 1. The number of aryl methyl sites for hydroxylation is 1. The molecule has 0 aromatic carbocycles. The van der Waals surface area contributed by atoms with Crippen molar-refractivity contribution < 1.29 is 9.60 Å². The van der Waals surface area contributed by atoms with Gasteiger partial charge in [-0.05, 0) is 24.1 Å². The number of nitrogens with zero attached hydrogens (tertiary/aromatic N) is 1. The lowest BCUT2D eigenvalue weighted by Gasteiger charge is -1.97. The van der Waals surface area contributed by atoms with Gasteiger partial charge in [-0.2, -0.15) is 0 Å². The van der Waals surface area contributed by atoms with E-state index in [2.05, 4.69) is 4.98 Å². The first-order chi connectivity index (χ1) is 7.50. The Morgan fingerprint density at radius 1 is 1.90 bits per heavy atom. The molecule has 0 saturated carbocycles. The van der Waals surface area contributed by atoms with Crippen LogP contribution in [0.4, 0.5) is 5.82 Å². The molecule has 0 aliphatic heterocycles. The summed E-state index contributed by atoms with van der Waals surface area (Å²) in [5.74, 6) is 0.00715. The first-order valence-electron chi connectivity index (χ1n) is 6.22. The molecule has 0 unspecified atom stereocenters. The maximum Gasteiger partial charge on any atom is 0.123 e. The molecule has 2 N–H and O–H groups in total. The summed E-state index contributed by atoms with van der Waals surface area (Å²) in [6.45, 7) is -3.07. The topological polar surface area (TPSA) is 38.9 Å². The number of aromatic nitrogens is 1. The molecule has 10 heavy (non-hydrogen) atoms. The Morgan fingerprint density at radius 2 is 2.80 bits per heavy atom. The first kappa shape index (κ1) is 2.22. The normalized spacial score (nSPS) is 24.2. The molecule has 0 bridgehead atoms. The fourth-order valence-electron chi connectivity index (χ4n) is 0.598. The third-order valence-corrected chi connectivity index (χ3v) is 0.988. The predicted molar refractivity (Wildman–Crippen MR) is 42.6 cm³/mol. The maximum absolute atomic E-state index is 7.67. The second kappa shape index (κ2) is 3.20. The van der Waals surface area contributed by atoms with Crippen molar-refractivity contribution in [2.24, 2.45) is 0 Å². The molecule has 0 atom stereocenters. The van der Waals surface area contributed by atoms with E-state index in [1.165, 1.54) is 12.3 Å². The number of rotatable bonds is 2. The molecular weight excluding hydrogens is 124 g/mol. The Morgan fingerprint density at radius 3 is 3.50 bits per heavy atom. The van der Waals surface area contributed by atoms with Crippen LogP contribution in [0, 0.1) is 0 Å². The Bertz CT molecular complexity index is 413. The van der Waals surface area contributed by atoms with E-state index in [1.54, 1.807) is 0 Å². The smallest absolute Gasteiger partial charge is 0.123 e. The van der Waals surface area contributed by atoms with Crippen LogP contribution < -0.4 is 5.73 Å². The van der Waals surface area contributed by atoms with E-state index in [1.807, 2.05) is 0 Å². The fraction of sp³-hybridized carbons (Fsp3) is 0.375. The SMILES string of the molecule is [2H]C([2H])([2H])C([2H])([2H])C([2H])([2H])c1ccnc(N)c1. The van der Waals surface area contributed by atoms with Gasteiger partial charge in [0.2, 0.25) is 0 Å². The van der Waals surface area contributed by atoms with E-state index in [9.17, 15) is 0 Å². The molecule has 0 aliphatic rings. The Hall–Kier alpha value is -1.05. The van der Waals surface area contributed by atoms with Crippen molar-refractivity contribution in [3.05, 3.63) is 23.9 Å². The number of hydrogen-bond acceptors (Lipinski definition) is 2. The van der Waals surface area contributed by atoms with Gasteiger partial charge in [0.25, 0.3) is 0 Å². The maximum atomic E-state index is 7.67. The lowest BCUT2D eigenvalue weighted by molar-refractivity contribution is 0.919. The van der Waals surface area contributed by atoms with Gasteiger partial charge in [-0.1, -0.05) is 13.2 Å². The highest BCUT2D eigenvalue weighted by Gasteiger charge is 1.90. The molecule has 0 aliphatic carbocycles. The van der Waals surface area contributed by atoms with E-state index >= 15 is 0 Å². The van der Waals surface area contributed by atoms with E-state index < -0.39 is 19.6 Å². The first-order valence-corrected chi connectivity index (χ1v) is 2.72. The van der Waals surface area contributed by atoms with Crippen molar-refractivity contribution in [2.75, 3.05) is 5.73 Å². The van der Waals surface area contributed by atoms with Crippen LogP contribution in [-0.4, -0.2) is 4.98 Å². The third-order valence-electron chi connectivity index (χ3n) is 0.988. The second-order valence-electron chi connectivity index (χ2n) is 1.72. The summed E-state index contributed by atoms with van der Waals surface area (Å²) in [6.07, 6.45) is -4.50. The molecule has 1 heterocycles. The Balaban J connectivity index is 3.28. The Kier molecular flexibility index (Phi) is 0.712. The van der Waals surface area contributed by atoms with Crippen molar-refractivity contribution in [1.29, 1.82) is 0 Å². The number of hydrogen-bond donors (Lipinski definition) is 1. The number of nitrogen functional groups attached to an aromatic ring is 1. The lowest BCUT2D eigenvalue weighted by atomic mass is 10.1. The van der Waals surface area contributed by atoms with E-state index in [-0.39, 0.29) is 11.4 Å². The zero-order chi connectivity index (χ0) is 13.5. The van der Waals surface area contributed by atoms with Gasteiger partial charge in [0, 0.05) is 15.8 Å². The fourth-order valence-corrected chi connectivity index (χ4v) is 0.598. The van der Waals surface area contributed by atoms with Crippen LogP contribution in [0.15, 0.2) is 18.3 Å². The zero-order valence-electron chi connectivity index (χ0n) is 12.3. The van der Waals surface area contributed by atoms with Gasteiger partial charge in [-0.3, -0.25) is 0 Å². The summed E-state index contributed by atoms with van der Waals surface area (Å²) in [5.41, 5.74) is 5.22. The molecule has 1 aromatic heterocycles. The summed E-state index contributed by atoms with van der Waals surface area (Å²) in [5, 5.41) is 0. The minimum Gasteiger partial charge on any atom is -0.384 e. The third kappa shape index (κ3) is 1.72. The van der Waals surface area contributed by atoms with Gasteiger partial charge in [0.1, 0.15) is 5.82 Å². The number of pyridine rings is 1. The summed E-state index contributed by atoms with van der Waals surface area (Å²) >= 11 is 0. The molecule has 1 aromatic rings. The predicted octanol–water partition coefficient (Wildman–Crippen LogP) is 1.62. The van der Waals surface area contributed by atoms with Crippen molar-refractivity contribution in [2.45, 2.75) is 19.6 Å². The lowest BCUT2D eigenvalue weighted by Crippen LogP contribution is -1.91. The molecule has 1 rings (SSSR count). The average Bonchev–Trinajstić information content (AvgIpc) is 2.15. The van der Waals surface area contributed by atoms with Crippen LogP contribution in [-0.2, 0) is 6.37 Å². The van der Waals surface area contributed by atoms with Crippen molar-refractivity contribution in [1.82, 2.24) is 4.98 Å². The summed E-state index contributed by atoms with van der Waals surface area (Å²) < 4.78 is 51.4. The molecule has 0 radical (unpaired) electrons. The monoisotopic (exact) mass is 143 g/mol. The van der Waals surface area contributed by atoms with Crippen LogP contribution >= 0.6 is 0 Å². The molecular formula is C8H12N2. The summed E-state index contributed by atoms with van der Waals surface area (Å²) in [4.78, 5) is 3.65. The molecule has 2 heteroatoms. The Labute approximate surface area is 70.9 Å². The highest BCUT2D eigenvalue weighted by Crippen LogP contribution is 2.04. The van der Waals surface area contributed by atoms with E-state index in [0.717, 1.165) is 6.07 Å². The number of anilines is 1. The quantitative estimate of drug-likeness (QED) is 0.683. The van der Waals surface area contributed by atoms with Crippen molar-refractivity contribution in [3.63, 3.8) is 0 Å². The van der Waals surface area contributed by atoms with Crippen molar-refractivity contribution >= 4 is 5.82 Å². The van der Waals surface area contributed by atoms with Gasteiger partial charge >= 0.3 is 0 Å². The van der Waals surface area contributed by atoms with Gasteiger partial charge in [-0.25, -0.2) is 4.98 Å². The molecule has 0 fully saturated rings. The van der Waals surface area contributed by atoms with E-state index in [4.69, 9.17) is 15.3 Å². The summed E-state index contributed by atoms with van der Waals surface area (Å²) in [6, 6.07) is 2.34. The van der Waals surface area contributed by atoms with Crippen molar-refractivity contribution in [3.8, 4) is 0 Å². The second-order valence-corrected chi connectivity index (χ2v) is 1.72. The van der Waals surface area contributed by atoms with E-state index in [0.29, 0.717) is 0 Å². The van der Waals surface area contributed by atoms with Crippen LogP contribution in [0.3, 0.4) is 0 Å². The standard InChI is InChI=1S/C8H12N2/c1-2-3-7-4-5-10-8(9)6-7/h4-6H,2-3H2,1H3,(H2,9,10)/i1D3,2D2,3D2. The largest absolute Gasteiger partial charge is 0.384 e. The van der Waals surface area contributed by atoms with Gasteiger partial charge in [0.05, 0.1) is 0 Å². The van der Waals surface area contributed by atoms with Crippen LogP contribution in [0.25, 0.3) is 0 Å².